The van der Waals surface area contributed by atoms with Gasteiger partial charge >= 0.3 is 0 Å². The molecule has 2 aromatic rings. The van der Waals surface area contributed by atoms with Crippen LogP contribution in [0.25, 0.3) is 0 Å². The fraction of sp³-hybridized carbons (Fsp3) is 0.308. The summed E-state index contributed by atoms with van der Waals surface area (Å²) in [4.78, 5) is 4.14. The summed E-state index contributed by atoms with van der Waals surface area (Å²) in [6.45, 7) is 3.92. The number of rotatable bonds is 6. The third kappa shape index (κ3) is 4.26. The third-order valence-corrected chi connectivity index (χ3v) is 6.55. The lowest BCUT2D eigenvalue weighted by Crippen LogP contribution is -2.23. The number of halogens is 1. The lowest BCUT2D eigenvalue weighted by molar-refractivity contribution is 0.230. The van der Waals surface area contributed by atoms with Crippen LogP contribution in [0.4, 0.5) is 0 Å². The van der Waals surface area contributed by atoms with Crippen molar-refractivity contribution in [2.45, 2.75) is 30.7 Å². The second-order valence-electron chi connectivity index (χ2n) is 4.51. The Morgan fingerprint density at radius 3 is 2.81 bits per heavy atom. The molecule has 21 heavy (non-hydrogen) atoms. The van der Waals surface area contributed by atoms with Crippen molar-refractivity contribution < 1.29 is 13.2 Å². The average molecular weight is 391 g/mol. The minimum atomic E-state index is -3.55. The van der Waals surface area contributed by atoms with Crippen molar-refractivity contribution in [1.82, 2.24) is 9.71 Å². The number of nitrogens with zero attached hydrogens (tertiary/aromatic N) is 1. The second kappa shape index (κ2) is 6.87. The first-order valence-corrected chi connectivity index (χ1v) is 9.39. The van der Waals surface area contributed by atoms with E-state index in [0.717, 1.165) is 11.3 Å². The number of hydrogen-bond acceptors (Lipinski definition) is 5. The molecule has 2 heterocycles. The minimum Gasteiger partial charge on any atom is -0.475 e. The van der Waals surface area contributed by atoms with Crippen LogP contribution in [0.15, 0.2) is 38.5 Å². The highest BCUT2D eigenvalue weighted by molar-refractivity contribution is 9.10. The monoisotopic (exact) mass is 390 g/mol. The van der Waals surface area contributed by atoms with Crippen LogP contribution in [-0.4, -0.2) is 19.5 Å². The van der Waals surface area contributed by atoms with Crippen LogP contribution in [0.1, 0.15) is 19.4 Å². The molecule has 0 amide bonds. The van der Waals surface area contributed by atoms with Crippen molar-refractivity contribution in [2.24, 2.45) is 0 Å². The van der Waals surface area contributed by atoms with Crippen molar-refractivity contribution in [3.8, 4) is 5.88 Å². The van der Waals surface area contributed by atoms with E-state index >= 15 is 0 Å². The van der Waals surface area contributed by atoms with Gasteiger partial charge in [0.05, 0.1) is 6.10 Å². The molecule has 0 aliphatic heterocycles. The van der Waals surface area contributed by atoms with Gasteiger partial charge in [-0.05, 0) is 47.3 Å². The number of thiophene rings is 1. The molecule has 0 aliphatic rings. The van der Waals surface area contributed by atoms with E-state index in [4.69, 9.17) is 4.74 Å². The normalized spacial score (nSPS) is 11.8. The van der Waals surface area contributed by atoms with E-state index in [2.05, 4.69) is 25.6 Å². The van der Waals surface area contributed by atoms with Crippen molar-refractivity contribution in [3.63, 3.8) is 0 Å². The summed E-state index contributed by atoms with van der Waals surface area (Å²) in [5.74, 6) is 0.445. The maximum atomic E-state index is 12.2. The van der Waals surface area contributed by atoms with Gasteiger partial charge in [-0.15, -0.1) is 11.3 Å². The van der Waals surface area contributed by atoms with Crippen molar-refractivity contribution >= 4 is 37.3 Å². The molecule has 0 saturated carbocycles. The molecule has 0 bridgehead atoms. The van der Waals surface area contributed by atoms with Crippen molar-refractivity contribution in [1.29, 1.82) is 0 Å². The van der Waals surface area contributed by atoms with Crippen LogP contribution < -0.4 is 9.46 Å². The summed E-state index contributed by atoms with van der Waals surface area (Å²) in [5.41, 5.74) is 0.697. The Bertz CT molecular complexity index is 714. The number of hydrogen-bond donors (Lipinski definition) is 1. The molecule has 2 rings (SSSR count). The molecule has 1 N–H and O–H groups in total. The van der Waals surface area contributed by atoms with Gasteiger partial charge in [0.15, 0.2) is 0 Å². The zero-order valence-corrected chi connectivity index (χ0v) is 14.8. The lowest BCUT2D eigenvalue weighted by atomic mass is 10.3. The zero-order valence-electron chi connectivity index (χ0n) is 11.5. The van der Waals surface area contributed by atoms with Crippen LogP contribution in [-0.2, 0) is 16.6 Å². The van der Waals surface area contributed by atoms with Crippen LogP contribution in [0.5, 0.6) is 5.88 Å². The SMILES string of the molecule is CC(C)Oc1ncccc1CNS(=O)(=O)c1sccc1Br. The van der Waals surface area contributed by atoms with Crippen LogP contribution in [0, 0.1) is 0 Å². The quantitative estimate of drug-likeness (QED) is 0.822. The molecule has 0 saturated heterocycles. The number of nitrogens with one attached hydrogen (secondary N) is 1. The van der Waals surface area contributed by atoms with E-state index in [9.17, 15) is 8.42 Å². The summed E-state index contributed by atoms with van der Waals surface area (Å²) in [5, 5.41) is 1.72. The van der Waals surface area contributed by atoms with E-state index in [1.165, 1.54) is 0 Å². The highest BCUT2D eigenvalue weighted by Crippen LogP contribution is 2.27. The van der Waals surface area contributed by atoms with Gasteiger partial charge in [0.25, 0.3) is 10.0 Å². The molecule has 0 radical (unpaired) electrons. The highest BCUT2D eigenvalue weighted by Gasteiger charge is 2.19. The Hall–Kier alpha value is -0.960. The molecule has 0 fully saturated rings. The first-order valence-electron chi connectivity index (χ1n) is 6.23. The Kier molecular flexibility index (Phi) is 5.37. The van der Waals surface area contributed by atoms with Gasteiger partial charge in [0, 0.05) is 22.8 Å². The molecule has 0 spiro atoms. The summed E-state index contributed by atoms with van der Waals surface area (Å²) in [6.07, 6.45) is 1.59. The van der Waals surface area contributed by atoms with E-state index in [1.807, 2.05) is 13.8 Å². The minimum absolute atomic E-state index is 0.0262. The predicted octanol–water partition coefficient (Wildman–Crippen LogP) is 3.17. The first kappa shape index (κ1) is 16.4. The lowest BCUT2D eigenvalue weighted by Gasteiger charge is -2.13. The molecule has 0 unspecified atom stereocenters. The fourth-order valence-electron chi connectivity index (χ4n) is 1.60. The number of ether oxygens (including phenoxy) is 1. The summed E-state index contributed by atoms with van der Waals surface area (Å²) < 4.78 is 33.4. The van der Waals surface area contributed by atoms with Gasteiger partial charge in [-0.3, -0.25) is 0 Å². The first-order chi connectivity index (χ1) is 9.90. The van der Waals surface area contributed by atoms with Gasteiger partial charge in [-0.25, -0.2) is 18.1 Å². The maximum absolute atomic E-state index is 12.2. The Morgan fingerprint density at radius 2 is 2.19 bits per heavy atom. The second-order valence-corrected chi connectivity index (χ2v) is 8.25. The van der Waals surface area contributed by atoms with Crippen LogP contribution in [0.2, 0.25) is 0 Å². The van der Waals surface area contributed by atoms with Crippen molar-refractivity contribution in [2.75, 3.05) is 0 Å². The molecule has 5 nitrogen and oxygen atoms in total. The highest BCUT2D eigenvalue weighted by atomic mass is 79.9. The molecule has 114 valence electrons. The molecule has 2 aromatic heterocycles. The van der Waals surface area contributed by atoms with Crippen molar-refractivity contribution in [3.05, 3.63) is 39.8 Å². The smallest absolute Gasteiger partial charge is 0.251 e. The molecular formula is C13H15BrN2O3S2. The molecule has 8 heteroatoms. The Labute approximate surface area is 136 Å². The van der Waals surface area contributed by atoms with Gasteiger partial charge in [-0.2, -0.15) is 0 Å². The van der Waals surface area contributed by atoms with Crippen LogP contribution in [0.3, 0.4) is 0 Å². The largest absolute Gasteiger partial charge is 0.475 e. The van der Waals surface area contributed by atoms with E-state index in [0.29, 0.717) is 15.9 Å². The fourth-order valence-corrected chi connectivity index (χ4v) is 4.98. The maximum Gasteiger partial charge on any atom is 0.251 e. The summed E-state index contributed by atoms with van der Waals surface area (Å²) in [6, 6.07) is 5.24. The predicted molar refractivity (Wildman–Crippen MR) is 86.0 cm³/mol. The topological polar surface area (TPSA) is 68.3 Å². The molecule has 0 aromatic carbocycles. The Balaban J connectivity index is 2.15. The van der Waals surface area contributed by atoms with Gasteiger partial charge in [0.2, 0.25) is 5.88 Å². The van der Waals surface area contributed by atoms with E-state index < -0.39 is 10.0 Å². The summed E-state index contributed by atoms with van der Waals surface area (Å²) >= 11 is 4.39. The number of aromatic nitrogens is 1. The average Bonchev–Trinajstić information content (AvgIpc) is 2.84. The van der Waals surface area contributed by atoms with E-state index in [-0.39, 0.29) is 16.9 Å². The van der Waals surface area contributed by atoms with Gasteiger partial charge < -0.3 is 4.74 Å². The van der Waals surface area contributed by atoms with Gasteiger partial charge in [0.1, 0.15) is 4.21 Å². The Morgan fingerprint density at radius 1 is 1.43 bits per heavy atom. The standard InChI is InChI=1S/C13H15BrN2O3S2/c1-9(2)19-12-10(4-3-6-15-12)8-16-21(17,18)13-11(14)5-7-20-13/h3-7,9,16H,8H2,1-2H3. The zero-order chi connectivity index (χ0) is 15.5. The van der Waals surface area contributed by atoms with Gasteiger partial charge in [-0.1, -0.05) is 6.07 Å². The number of pyridine rings is 1. The molecule has 0 aliphatic carbocycles. The summed E-state index contributed by atoms with van der Waals surface area (Å²) in [7, 11) is -3.55. The molecular weight excluding hydrogens is 376 g/mol. The molecule has 0 atom stereocenters. The number of sulfonamides is 1. The van der Waals surface area contributed by atoms with Crippen LogP contribution >= 0.6 is 27.3 Å². The third-order valence-electron chi connectivity index (χ3n) is 2.48. The van der Waals surface area contributed by atoms with E-state index in [1.54, 1.807) is 29.8 Å².